The van der Waals surface area contributed by atoms with Gasteiger partial charge in [-0.05, 0) is 44.0 Å². The van der Waals surface area contributed by atoms with Crippen molar-refractivity contribution in [1.29, 1.82) is 0 Å². The highest BCUT2D eigenvalue weighted by molar-refractivity contribution is 5.95. The lowest BCUT2D eigenvalue weighted by molar-refractivity contribution is -0.0877. The molecule has 136 valence electrons. The lowest BCUT2D eigenvalue weighted by Crippen LogP contribution is -2.49. The number of amides is 3. The lowest BCUT2D eigenvalue weighted by atomic mass is 9.90. The number of hydrogen-bond acceptors (Lipinski definition) is 4. The molecule has 7 heteroatoms. The average molecular weight is 347 g/mol. The molecule has 0 unspecified atom stereocenters. The van der Waals surface area contributed by atoms with Gasteiger partial charge < -0.3 is 25.4 Å². The molecule has 2 fully saturated rings. The Bertz CT molecular complexity index is 611. The fourth-order valence-electron chi connectivity index (χ4n) is 3.33. The first-order valence-electron chi connectivity index (χ1n) is 8.78. The number of anilines is 1. The van der Waals surface area contributed by atoms with E-state index in [1.165, 1.54) is 0 Å². The summed E-state index contributed by atoms with van der Waals surface area (Å²) in [5.74, 6) is -0.121. The van der Waals surface area contributed by atoms with Crippen LogP contribution in [-0.2, 0) is 9.47 Å². The van der Waals surface area contributed by atoms with Crippen LogP contribution in [0.1, 0.15) is 36.5 Å². The summed E-state index contributed by atoms with van der Waals surface area (Å²) in [5, 5.41) is 8.56. The van der Waals surface area contributed by atoms with E-state index in [0.29, 0.717) is 31.0 Å². The van der Waals surface area contributed by atoms with Gasteiger partial charge in [0.15, 0.2) is 0 Å². The van der Waals surface area contributed by atoms with E-state index in [9.17, 15) is 9.59 Å². The van der Waals surface area contributed by atoms with E-state index in [0.717, 1.165) is 25.9 Å². The molecule has 0 aliphatic carbocycles. The Balaban J connectivity index is 1.51. The molecule has 2 atom stereocenters. The number of carbonyl (C=O) groups excluding carboxylic acids is 2. The Labute approximate surface area is 147 Å². The third-order valence-corrected chi connectivity index (χ3v) is 4.64. The minimum atomic E-state index is -0.244. The molecule has 0 bridgehead atoms. The predicted molar refractivity (Wildman–Crippen MR) is 93.7 cm³/mol. The highest BCUT2D eigenvalue weighted by Crippen LogP contribution is 2.32. The molecule has 25 heavy (non-hydrogen) atoms. The van der Waals surface area contributed by atoms with Crippen LogP contribution in [-0.4, -0.2) is 49.9 Å². The molecule has 0 aromatic heterocycles. The van der Waals surface area contributed by atoms with Crippen LogP contribution in [0, 0.1) is 0 Å². The Morgan fingerprint density at radius 3 is 2.72 bits per heavy atom. The Morgan fingerprint density at radius 2 is 2.04 bits per heavy atom. The van der Waals surface area contributed by atoms with Crippen LogP contribution < -0.4 is 16.0 Å². The second kappa shape index (κ2) is 7.84. The largest absolute Gasteiger partial charge is 0.378 e. The van der Waals surface area contributed by atoms with Crippen LogP contribution in [0.15, 0.2) is 24.3 Å². The van der Waals surface area contributed by atoms with Gasteiger partial charge in [0, 0.05) is 43.5 Å². The first-order chi connectivity index (χ1) is 12.1. The second-order valence-corrected chi connectivity index (χ2v) is 6.56. The number of ether oxygens (including phenoxy) is 2. The summed E-state index contributed by atoms with van der Waals surface area (Å²) in [5.41, 5.74) is 0.988. The van der Waals surface area contributed by atoms with E-state index in [4.69, 9.17) is 9.47 Å². The third kappa shape index (κ3) is 4.49. The quantitative estimate of drug-likeness (QED) is 0.776. The van der Waals surface area contributed by atoms with E-state index < -0.39 is 0 Å². The number of nitrogens with one attached hydrogen (secondary N) is 3. The average Bonchev–Trinajstić information content (AvgIpc) is 3.03. The molecular formula is C18H25N3O4. The van der Waals surface area contributed by atoms with Crippen molar-refractivity contribution in [2.75, 3.05) is 31.7 Å². The second-order valence-electron chi connectivity index (χ2n) is 6.56. The van der Waals surface area contributed by atoms with E-state index in [1.54, 1.807) is 24.3 Å². The highest BCUT2D eigenvalue weighted by atomic mass is 16.6. The van der Waals surface area contributed by atoms with Gasteiger partial charge in [-0.2, -0.15) is 0 Å². The van der Waals surface area contributed by atoms with Crippen molar-refractivity contribution in [3.05, 3.63) is 29.8 Å². The highest BCUT2D eigenvalue weighted by Gasteiger charge is 2.41. The van der Waals surface area contributed by atoms with Crippen molar-refractivity contribution in [2.24, 2.45) is 0 Å². The third-order valence-electron chi connectivity index (χ3n) is 4.64. The molecule has 7 nitrogen and oxygen atoms in total. The molecular weight excluding hydrogens is 322 g/mol. The van der Waals surface area contributed by atoms with E-state index in [-0.39, 0.29) is 23.6 Å². The number of carbonyl (C=O) groups is 2. The SMILES string of the molecule is CCNC(=O)c1ccc(NC(=O)N[C@H]2CCO[C@@]3(CCOC3)C2)cc1. The summed E-state index contributed by atoms with van der Waals surface area (Å²) in [6.45, 7) is 4.41. The summed E-state index contributed by atoms with van der Waals surface area (Å²) < 4.78 is 11.3. The molecule has 2 aliphatic rings. The first kappa shape index (κ1) is 17.7. The smallest absolute Gasteiger partial charge is 0.319 e. The molecule has 1 aromatic carbocycles. The molecule has 2 saturated heterocycles. The van der Waals surface area contributed by atoms with Crippen LogP contribution in [0.25, 0.3) is 0 Å². The van der Waals surface area contributed by atoms with Gasteiger partial charge in [-0.1, -0.05) is 0 Å². The van der Waals surface area contributed by atoms with Crippen molar-refractivity contribution >= 4 is 17.6 Å². The van der Waals surface area contributed by atoms with Gasteiger partial charge in [0.05, 0.1) is 12.2 Å². The minimum Gasteiger partial charge on any atom is -0.378 e. The fourth-order valence-corrected chi connectivity index (χ4v) is 3.33. The minimum absolute atomic E-state index is 0.0741. The summed E-state index contributed by atoms with van der Waals surface area (Å²) in [6, 6.07) is 6.66. The van der Waals surface area contributed by atoms with Crippen LogP contribution in [0.4, 0.5) is 10.5 Å². The molecule has 2 aliphatic heterocycles. The topological polar surface area (TPSA) is 88.7 Å². The van der Waals surface area contributed by atoms with Gasteiger partial charge in [0.25, 0.3) is 5.91 Å². The summed E-state index contributed by atoms with van der Waals surface area (Å²) >= 11 is 0. The van der Waals surface area contributed by atoms with E-state index in [1.807, 2.05) is 6.92 Å². The summed E-state index contributed by atoms with van der Waals surface area (Å²) in [6.07, 6.45) is 2.45. The van der Waals surface area contributed by atoms with Gasteiger partial charge in [-0.3, -0.25) is 4.79 Å². The molecule has 3 N–H and O–H groups in total. The fraction of sp³-hybridized carbons (Fsp3) is 0.556. The van der Waals surface area contributed by atoms with Crippen molar-refractivity contribution in [3.8, 4) is 0 Å². The van der Waals surface area contributed by atoms with Gasteiger partial charge >= 0.3 is 6.03 Å². The predicted octanol–water partition coefficient (Wildman–Crippen LogP) is 1.90. The standard InChI is InChI=1S/C18H25N3O4/c1-2-19-16(22)13-3-5-14(6-4-13)20-17(23)21-15-7-9-25-18(11-15)8-10-24-12-18/h3-6,15H,2,7-12H2,1H3,(H,19,22)(H2,20,21,23)/t15-,18-/m0/s1. The molecule has 3 amide bonds. The normalized spacial score (nSPS) is 25.6. The Morgan fingerprint density at radius 1 is 1.24 bits per heavy atom. The molecule has 1 spiro atoms. The van der Waals surface area contributed by atoms with Gasteiger partial charge in [0.2, 0.25) is 0 Å². The van der Waals surface area contributed by atoms with E-state index >= 15 is 0 Å². The number of urea groups is 1. The first-order valence-corrected chi connectivity index (χ1v) is 8.78. The van der Waals surface area contributed by atoms with Gasteiger partial charge in [-0.25, -0.2) is 4.79 Å². The zero-order valence-corrected chi connectivity index (χ0v) is 14.5. The summed E-state index contributed by atoms with van der Waals surface area (Å²) in [4.78, 5) is 24.0. The maximum Gasteiger partial charge on any atom is 0.319 e. The van der Waals surface area contributed by atoms with Gasteiger partial charge in [-0.15, -0.1) is 0 Å². The number of hydrogen-bond donors (Lipinski definition) is 3. The molecule has 0 radical (unpaired) electrons. The van der Waals surface area contributed by atoms with E-state index in [2.05, 4.69) is 16.0 Å². The zero-order chi connectivity index (χ0) is 17.7. The van der Waals surface area contributed by atoms with Crippen LogP contribution in [0.5, 0.6) is 0 Å². The molecule has 3 rings (SSSR count). The van der Waals surface area contributed by atoms with Crippen LogP contribution in [0.3, 0.4) is 0 Å². The van der Waals surface area contributed by atoms with Crippen molar-refractivity contribution < 1.29 is 19.1 Å². The summed E-state index contributed by atoms with van der Waals surface area (Å²) in [7, 11) is 0. The maximum absolute atomic E-state index is 12.2. The number of rotatable bonds is 4. The number of benzene rings is 1. The Hall–Kier alpha value is -2.12. The van der Waals surface area contributed by atoms with Crippen LogP contribution in [0.2, 0.25) is 0 Å². The maximum atomic E-state index is 12.2. The van der Waals surface area contributed by atoms with Crippen molar-refractivity contribution in [3.63, 3.8) is 0 Å². The van der Waals surface area contributed by atoms with Gasteiger partial charge in [0.1, 0.15) is 0 Å². The zero-order valence-electron chi connectivity index (χ0n) is 14.5. The Kier molecular flexibility index (Phi) is 5.55. The monoisotopic (exact) mass is 347 g/mol. The van der Waals surface area contributed by atoms with Crippen LogP contribution >= 0.6 is 0 Å². The van der Waals surface area contributed by atoms with Crippen molar-refractivity contribution in [1.82, 2.24) is 10.6 Å². The molecule has 1 aromatic rings. The van der Waals surface area contributed by atoms with Crippen molar-refractivity contribution in [2.45, 2.75) is 37.8 Å². The molecule has 2 heterocycles. The molecule has 0 saturated carbocycles. The lowest BCUT2D eigenvalue weighted by Gasteiger charge is -2.37.